The van der Waals surface area contributed by atoms with E-state index in [4.69, 9.17) is 14.6 Å². The predicted molar refractivity (Wildman–Crippen MR) is 71.5 cm³/mol. The first-order chi connectivity index (χ1) is 7.39. The molecule has 0 aliphatic carbocycles. The summed E-state index contributed by atoms with van der Waals surface area (Å²) in [5, 5.41) is 0. The summed E-state index contributed by atoms with van der Waals surface area (Å²) in [6.45, 7) is 11.2. The second-order valence-corrected chi connectivity index (χ2v) is 8.10. The summed E-state index contributed by atoms with van der Waals surface area (Å²) in [4.78, 5) is 0. The van der Waals surface area contributed by atoms with E-state index in [1.54, 1.807) is 0 Å². The monoisotopic (exact) mass is 247 g/mol. The molecule has 0 radical (unpaired) electrons. The quantitative estimate of drug-likeness (QED) is 0.502. The fraction of sp³-hybridized carbons (Fsp3) is 1.00. The van der Waals surface area contributed by atoms with Crippen molar-refractivity contribution in [2.45, 2.75) is 71.7 Å². The number of rotatable bonds is 9. The van der Waals surface area contributed by atoms with Gasteiger partial charge in [0.1, 0.15) is 5.72 Å². The van der Waals surface area contributed by atoms with Crippen LogP contribution in [0.2, 0.25) is 12.6 Å². The second kappa shape index (κ2) is 7.43. The molecule has 0 amide bonds. The molecule has 0 rings (SSSR count). The summed E-state index contributed by atoms with van der Waals surface area (Å²) in [6, 6.07) is 1.01. The van der Waals surface area contributed by atoms with Crippen molar-refractivity contribution in [1.82, 2.24) is 0 Å². The van der Waals surface area contributed by atoms with Gasteiger partial charge in [0.2, 0.25) is 0 Å². The minimum Gasteiger partial charge on any atom is -0.395 e. The van der Waals surface area contributed by atoms with E-state index in [0.29, 0.717) is 6.61 Å². The molecule has 0 saturated heterocycles. The van der Waals surface area contributed by atoms with Crippen LogP contribution in [-0.4, -0.2) is 20.9 Å². The van der Waals surface area contributed by atoms with Crippen molar-refractivity contribution < 1.29 is 8.85 Å². The van der Waals surface area contributed by atoms with E-state index in [2.05, 4.69) is 20.4 Å². The van der Waals surface area contributed by atoms with Crippen LogP contribution in [0.5, 0.6) is 0 Å². The van der Waals surface area contributed by atoms with Crippen molar-refractivity contribution in [3.05, 3.63) is 0 Å². The Morgan fingerprint density at radius 3 is 2.25 bits per heavy atom. The molecule has 3 nitrogen and oxygen atoms in total. The molecule has 2 unspecified atom stereocenters. The van der Waals surface area contributed by atoms with Gasteiger partial charge >= 0.3 is 8.56 Å². The first kappa shape index (κ1) is 16.1. The molecule has 0 fully saturated rings. The SMILES string of the molecule is CCCCC(C)(N)O[Si](C)(CCC)OCC. The van der Waals surface area contributed by atoms with E-state index in [1.165, 1.54) is 0 Å². The van der Waals surface area contributed by atoms with Gasteiger partial charge in [0.15, 0.2) is 0 Å². The van der Waals surface area contributed by atoms with Crippen LogP contribution in [0.4, 0.5) is 0 Å². The van der Waals surface area contributed by atoms with Crippen molar-refractivity contribution in [3.8, 4) is 0 Å². The standard InChI is InChI=1S/C12H29NO2Si/c1-6-9-10-12(4,13)15-16(5,11-7-2)14-8-3/h6-11,13H2,1-5H3. The molecule has 0 aliphatic heterocycles. The number of hydrogen-bond donors (Lipinski definition) is 1. The summed E-state index contributed by atoms with van der Waals surface area (Å²) in [6.07, 6.45) is 4.25. The molecule has 98 valence electrons. The fourth-order valence-electron chi connectivity index (χ4n) is 1.98. The van der Waals surface area contributed by atoms with E-state index in [9.17, 15) is 0 Å². The number of hydrogen-bond acceptors (Lipinski definition) is 3. The lowest BCUT2D eigenvalue weighted by Crippen LogP contribution is -2.52. The molecule has 16 heavy (non-hydrogen) atoms. The van der Waals surface area contributed by atoms with E-state index in [0.717, 1.165) is 31.7 Å². The lowest BCUT2D eigenvalue weighted by Gasteiger charge is -2.36. The van der Waals surface area contributed by atoms with Gasteiger partial charge in [-0.15, -0.1) is 0 Å². The molecule has 4 heteroatoms. The van der Waals surface area contributed by atoms with Gasteiger partial charge in [0.05, 0.1) is 0 Å². The predicted octanol–water partition coefficient (Wildman–Crippen LogP) is 3.39. The molecule has 0 aromatic heterocycles. The lowest BCUT2D eigenvalue weighted by molar-refractivity contribution is 0.0339. The largest absolute Gasteiger partial charge is 0.395 e. The van der Waals surface area contributed by atoms with Gasteiger partial charge in [0, 0.05) is 6.61 Å². The van der Waals surface area contributed by atoms with Gasteiger partial charge < -0.3 is 14.6 Å². The Kier molecular flexibility index (Phi) is 7.47. The maximum Gasteiger partial charge on any atom is 0.336 e. The summed E-state index contributed by atoms with van der Waals surface area (Å²) in [7, 11) is -2.06. The van der Waals surface area contributed by atoms with Crippen molar-refractivity contribution >= 4 is 8.56 Å². The molecule has 0 saturated carbocycles. The van der Waals surface area contributed by atoms with E-state index < -0.39 is 14.3 Å². The van der Waals surface area contributed by atoms with Crippen LogP contribution >= 0.6 is 0 Å². The zero-order valence-corrected chi connectivity index (χ0v) is 12.6. The van der Waals surface area contributed by atoms with Crippen LogP contribution < -0.4 is 5.73 Å². The average molecular weight is 247 g/mol. The van der Waals surface area contributed by atoms with Crippen LogP contribution in [0, 0.1) is 0 Å². The maximum absolute atomic E-state index is 6.18. The normalized spacial score (nSPS) is 19.1. The number of unbranched alkanes of at least 4 members (excludes halogenated alkanes) is 1. The maximum atomic E-state index is 6.18. The van der Waals surface area contributed by atoms with Gasteiger partial charge in [-0.05, 0) is 39.3 Å². The average Bonchev–Trinajstić information content (AvgIpc) is 2.14. The van der Waals surface area contributed by atoms with Crippen molar-refractivity contribution in [2.24, 2.45) is 5.73 Å². The van der Waals surface area contributed by atoms with E-state index >= 15 is 0 Å². The highest BCUT2D eigenvalue weighted by molar-refractivity contribution is 6.66. The minimum absolute atomic E-state index is 0.526. The third-order valence-electron chi connectivity index (χ3n) is 2.63. The van der Waals surface area contributed by atoms with Gasteiger partial charge in [-0.25, -0.2) is 0 Å². The smallest absolute Gasteiger partial charge is 0.336 e. The Morgan fingerprint density at radius 2 is 1.81 bits per heavy atom. The summed E-state index contributed by atoms with van der Waals surface area (Å²) in [5.41, 5.74) is 5.66. The highest BCUT2D eigenvalue weighted by Gasteiger charge is 2.36. The molecule has 0 aromatic carbocycles. The fourth-order valence-corrected chi connectivity index (χ4v) is 4.90. The molecule has 0 aliphatic rings. The first-order valence-electron chi connectivity index (χ1n) is 6.52. The Morgan fingerprint density at radius 1 is 1.19 bits per heavy atom. The summed E-state index contributed by atoms with van der Waals surface area (Å²) in [5.74, 6) is 0. The van der Waals surface area contributed by atoms with E-state index in [1.807, 2.05) is 13.8 Å². The highest BCUT2D eigenvalue weighted by Crippen LogP contribution is 2.23. The molecule has 0 spiro atoms. The zero-order valence-electron chi connectivity index (χ0n) is 11.6. The Balaban J connectivity index is 4.35. The Hall–Kier alpha value is 0.0969. The minimum atomic E-state index is -2.06. The van der Waals surface area contributed by atoms with E-state index in [-0.39, 0.29) is 0 Å². The van der Waals surface area contributed by atoms with Crippen LogP contribution in [0.15, 0.2) is 0 Å². The topological polar surface area (TPSA) is 44.5 Å². The molecular formula is C12H29NO2Si. The van der Waals surface area contributed by atoms with Gasteiger partial charge in [-0.1, -0.05) is 26.7 Å². The third kappa shape index (κ3) is 6.63. The molecule has 2 N–H and O–H groups in total. The summed E-state index contributed by atoms with van der Waals surface area (Å²) >= 11 is 0. The van der Waals surface area contributed by atoms with Crippen molar-refractivity contribution in [1.29, 1.82) is 0 Å². The highest BCUT2D eigenvalue weighted by atomic mass is 28.4. The molecule has 0 heterocycles. The first-order valence-corrected chi connectivity index (χ1v) is 9.04. The van der Waals surface area contributed by atoms with Crippen molar-refractivity contribution in [2.75, 3.05) is 6.61 Å². The van der Waals surface area contributed by atoms with Crippen LogP contribution in [0.1, 0.15) is 53.4 Å². The molecule has 2 atom stereocenters. The van der Waals surface area contributed by atoms with Gasteiger partial charge in [-0.3, -0.25) is 0 Å². The van der Waals surface area contributed by atoms with Crippen LogP contribution in [0.3, 0.4) is 0 Å². The third-order valence-corrected chi connectivity index (χ3v) is 5.84. The number of nitrogens with two attached hydrogens (primary N) is 1. The lowest BCUT2D eigenvalue weighted by atomic mass is 10.1. The molecular weight excluding hydrogens is 218 g/mol. The van der Waals surface area contributed by atoms with Crippen LogP contribution in [-0.2, 0) is 8.85 Å². The second-order valence-electron chi connectivity index (χ2n) is 4.84. The Labute approximate surface area is 102 Å². The Bertz CT molecular complexity index is 180. The van der Waals surface area contributed by atoms with Crippen molar-refractivity contribution in [3.63, 3.8) is 0 Å². The van der Waals surface area contributed by atoms with Gasteiger partial charge in [-0.2, -0.15) is 0 Å². The molecule has 0 aromatic rings. The van der Waals surface area contributed by atoms with Gasteiger partial charge in [0.25, 0.3) is 0 Å². The van der Waals surface area contributed by atoms with Crippen LogP contribution in [0.25, 0.3) is 0 Å². The zero-order chi connectivity index (χ0) is 12.7. The molecule has 0 bridgehead atoms. The summed E-state index contributed by atoms with van der Waals surface area (Å²) < 4.78 is 11.9.